The van der Waals surface area contributed by atoms with E-state index in [-0.39, 0.29) is 0 Å². The van der Waals surface area contributed by atoms with Crippen molar-refractivity contribution in [2.45, 2.75) is 56.0 Å². The van der Waals surface area contributed by atoms with Crippen LogP contribution in [0.15, 0.2) is 0 Å². The fourth-order valence-corrected chi connectivity index (χ4v) is 5.13. The van der Waals surface area contributed by atoms with Crippen LogP contribution in [0, 0.1) is 0 Å². The minimum absolute atomic E-state index is 0.463. The van der Waals surface area contributed by atoms with Gasteiger partial charge in [-0.05, 0) is 44.5 Å². The summed E-state index contributed by atoms with van der Waals surface area (Å²) in [5.74, 6) is 1.37. The highest BCUT2D eigenvalue weighted by Crippen LogP contribution is 2.33. The minimum Gasteiger partial charge on any atom is -0.328 e. The molecule has 0 bridgehead atoms. The fraction of sp³-hybridized carbons (Fsp3) is 1.00. The quantitative estimate of drug-likeness (QED) is 0.821. The molecule has 3 atom stereocenters. The van der Waals surface area contributed by atoms with Crippen molar-refractivity contribution in [3.8, 4) is 0 Å². The Balaban J connectivity index is 1.52. The maximum absolute atomic E-state index is 6.00. The molecule has 3 aliphatic heterocycles. The standard InChI is InChI=1S/C14H27N3S/c1-11-14(5-9-18-11)17-8-4-13(10-17)16-6-2-12(15)3-7-16/h11-14H,2-10,15H2,1H3. The summed E-state index contributed by atoms with van der Waals surface area (Å²) in [6.07, 6.45) is 5.19. The van der Waals surface area contributed by atoms with Crippen LogP contribution < -0.4 is 5.73 Å². The van der Waals surface area contributed by atoms with Gasteiger partial charge in [-0.2, -0.15) is 11.8 Å². The first kappa shape index (κ1) is 13.2. The highest BCUT2D eigenvalue weighted by Gasteiger charge is 2.36. The maximum atomic E-state index is 6.00. The number of hydrogen-bond donors (Lipinski definition) is 1. The van der Waals surface area contributed by atoms with Gasteiger partial charge in [-0.1, -0.05) is 6.92 Å². The van der Waals surface area contributed by atoms with E-state index < -0.39 is 0 Å². The van der Waals surface area contributed by atoms with Gasteiger partial charge in [-0.15, -0.1) is 0 Å². The van der Waals surface area contributed by atoms with Gasteiger partial charge in [-0.3, -0.25) is 9.80 Å². The summed E-state index contributed by atoms with van der Waals surface area (Å²) in [4.78, 5) is 5.47. The van der Waals surface area contributed by atoms with Gasteiger partial charge in [0.2, 0.25) is 0 Å². The zero-order valence-electron chi connectivity index (χ0n) is 11.6. The largest absolute Gasteiger partial charge is 0.328 e. The fourth-order valence-electron chi connectivity index (χ4n) is 3.85. The maximum Gasteiger partial charge on any atom is 0.0235 e. The molecule has 0 saturated carbocycles. The summed E-state index contributed by atoms with van der Waals surface area (Å²) in [7, 11) is 0. The summed E-state index contributed by atoms with van der Waals surface area (Å²) in [6, 6.07) is 2.13. The molecule has 0 aromatic rings. The molecule has 3 saturated heterocycles. The van der Waals surface area contributed by atoms with Crippen LogP contribution in [0.5, 0.6) is 0 Å². The highest BCUT2D eigenvalue weighted by molar-refractivity contribution is 8.00. The Bertz CT molecular complexity index is 278. The van der Waals surface area contributed by atoms with E-state index in [0.29, 0.717) is 6.04 Å². The normalized spacial score (nSPS) is 40.7. The molecule has 2 N–H and O–H groups in total. The Labute approximate surface area is 115 Å². The van der Waals surface area contributed by atoms with Crippen LogP contribution >= 0.6 is 11.8 Å². The van der Waals surface area contributed by atoms with Gasteiger partial charge in [0.15, 0.2) is 0 Å². The summed E-state index contributed by atoms with van der Waals surface area (Å²) in [6.45, 7) is 7.51. The molecular weight excluding hydrogens is 242 g/mol. The first-order valence-electron chi connectivity index (χ1n) is 7.59. The molecule has 0 aromatic heterocycles. The number of likely N-dealkylation sites (tertiary alicyclic amines) is 2. The molecule has 0 spiro atoms. The predicted molar refractivity (Wildman–Crippen MR) is 79.1 cm³/mol. The predicted octanol–water partition coefficient (Wildman–Crippen LogP) is 1.38. The third kappa shape index (κ3) is 2.72. The van der Waals surface area contributed by atoms with Crippen molar-refractivity contribution < 1.29 is 0 Å². The van der Waals surface area contributed by atoms with Crippen LogP contribution in [-0.4, -0.2) is 65.1 Å². The van der Waals surface area contributed by atoms with Gasteiger partial charge in [0.25, 0.3) is 0 Å². The van der Waals surface area contributed by atoms with Crippen LogP contribution in [0.3, 0.4) is 0 Å². The number of nitrogens with two attached hydrogens (primary N) is 1. The molecule has 4 heteroatoms. The molecule has 3 aliphatic rings. The average Bonchev–Trinajstić information content (AvgIpc) is 2.98. The molecular formula is C14H27N3S. The van der Waals surface area contributed by atoms with Crippen molar-refractivity contribution in [3.63, 3.8) is 0 Å². The smallest absolute Gasteiger partial charge is 0.0235 e. The van der Waals surface area contributed by atoms with Crippen LogP contribution in [0.25, 0.3) is 0 Å². The second kappa shape index (κ2) is 5.70. The monoisotopic (exact) mass is 269 g/mol. The first-order chi connectivity index (χ1) is 8.74. The summed E-state index contributed by atoms with van der Waals surface area (Å²) in [5.41, 5.74) is 6.00. The number of piperidine rings is 1. The SMILES string of the molecule is CC1SCCC1N1CCC(N2CCC(N)CC2)C1. The molecule has 0 amide bonds. The number of rotatable bonds is 2. The number of nitrogens with zero attached hydrogens (tertiary/aromatic N) is 2. The van der Waals surface area contributed by atoms with Gasteiger partial charge in [0.1, 0.15) is 0 Å². The molecule has 3 nitrogen and oxygen atoms in total. The Morgan fingerprint density at radius 2 is 1.72 bits per heavy atom. The zero-order valence-corrected chi connectivity index (χ0v) is 12.4. The molecule has 3 rings (SSSR count). The molecule has 0 aliphatic carbocycles. The molecule has 3 heterocycles. The van der Waals surface area contributed by atoms with Gasteiger partial charge < -0.3 is 5.73 Å². The lowest BCUT2D eigenvalue weighted by Crippen LogP contribution is -2.47. The third-order valence-electron chi connectivity index (χ3n) is 5.09. The van der Waals surface area contributed by atoms with Crippen molar-refractivity contribution in [3.05, 3.63) is 0 Å². The molecule has 3 fully saturated rings. The van der Waals surface area contributed by atoms with Crippen LogP contribution in [0.1, 0.15) is 32.6 Å². The van der Waals surface area contributed by atoms with Gasteiger partial charge >= 0.3 is 0 Å². The van der Waals surface area contributed by atoms with Crippen molar-refractivity contribution >= 4 is 11.8 Å². The molecule has 0 aromatic carbocycles. The Kier molecular flexibility index (Phi) is 4.18. The topological polar surface area (TPSA) is 32.5 Å². The Hall–Kier alpha value is 0.230. The van der Waals surface area contributed by atoms with E-state index in [1.807, 2.05) is 0 Å². The Morgan fingerprint density at radius 1 is 1.00 bits per heavy atom. The average molecular weight is 269 g/mol. The molecule has 104 valence electrons. The van der Waals surface area contributed by atoms with E-state index in [4.69, 9.17) is 5.73 Å². The lowest BCUT2D eigenvalue weighted by atomic mass is 10.0. The van der Waals surface area contributed by atoms with Crippen LogP contribution in [-0.2, 0) is 0 Å². The van der Waals surface area contributed by atoms with Crippen molar-refractivity contribution in [1.82, 2.24) is 9.80 Å². The highest BCUT2D eigenvalue weighted by atomic mass is 32.2. The summed E-state index contributed by atoms with van der Waals surface area (Å²) in [5, 5.41) is 0.846. The van der Waals surface area contributed by atoms with E-state index in [0.717, 1.165) is 17.3 Å². The summed E-state index contributed by atoms with van der Waals surface area (Å²) < 4.78 is 0. The van der Waals surface area contributed by atoms with Gasteiger partial charge in [-0.25, -0.2) is 0 Å². The van der Waals surface area contributed by atoms with Crippen LogP contribution in [0.2, 0.25) is 0 Å². The molecule has 18 heavy (non-hydrogen) atoms. The lowest BCUT2D eigenvalue weighted by molar-refractivity contribution is 0.144. The van der Waals surface area contributed by atoms with Crippen LogP contribution in [0.4, 0.5) is 0 Å². The van der Waals surface area contributed by atoms with Crippen molar-refractivity contribution in [2.24, 2.45) is 5.73 Å². The van der Waals surface area contributed by atoms with E-state index in [2.05, 4.69) is 28.5 Å². The summed E-state index contributed by atoms with van der Waals surface area (Å²) >= 11 is 2.16. The zero-order chi connectivity index (χ0) is 12.5. The number of thioether (sulfide) groups is 1. The number of hydrogen-bond acceptors (Lipinski definition) is 4. The molecule has 0 radical (unpaired) electrons. The van der Waals surface area contributed by atoms with Crippen molar-refractivity contribution in [1.29, 1.82) is 0 Å². The van der Waals surface area contributed by atoms with Crippen molar-refractivity contribution in [2.75, 3.05) is 31.9 Å². The third-order valence-corrected chi connectivity index (χ3v) is 6.40. The Morgan fingerprint density at radius 3 is 2.39 bits per heavy atom. The van der Waals surface area contributed by atoms with E-state index in [9.17, 15) is 0 Å². The van der Waals surface area contributed by atoms with E-state index in [1.54, 1.807) is 0 Å². The van der Waals surface area contributed by atoms with E-state index in [1.165, 1.54) is 57.6 Å². The lowest BCUT2D eigenvalue weighted by Gasteiger charge is -2.35. The minimum atomic E-state index is 0.463. The second-order valence-electron chi connectivity index (χ2n) is 6.24. The first-order valence-corrected chi connectivity index (χ1v) is 8.64. The second-order valence-corrected chi connectivity index (χ2v) is 7.73. The van der Waals surface area contributed by atoms with Gasteiger partial charge in [0.05, 0.1) is 0 Å². The molecule has 3 unspecified atom stereocenters. The van der Waals surface area contributed by atoms with Gasteiger partial charge in [0, 0.05) is 36.5 Å². The van der Waals surface area contributed by atoms with E-state index >= 15 is 0 Å².